The zero-order chi connectivity index (χ0) is 13.0. The summed E-state index contributed by atoms with van der Waals surface area (Å²) in [5, 5.41) is 3.44. The van der Waals surface area contributed by atoms with Crippen LogP contribution in [0.3, 0.4) is 0 Å². The highest BCUT2D eigenvalue weighted by Crippen LogP contribution is 2.31. The summed E-state index contributed by atoms with van der Waals surface area (Å²) >= 11 is 0. The molecule has 2 nitrogen and oxygen atoms in total. The Bertz CT molecular complexity index is 373. The molecule has 18 heavy (non-hydrogen) atoms. The van der Waals surface area contributed by atoms with Crippen molar-refractivity contribution in [2.45, 2.75) is 46.6 Å². The predicted octanol–water partition coefficient (Wildman–Crippen LogP) is 3.59. The molecule has 100 valence electrons. The molecule has 0 unspecified atom stereocenters. The van der Waals surface area contributed by atoms with Gasteiger partial charge in [0.25, 0.3) is 0 Å². The van der Waals surface area contributed by atoms with Crippen molar-refractivity contribution in [1.82, 2.24) is 5.32 Å². The first-order chi connectivity index (χ1) is 8.70. The first-order valence-corrected chi connectivity index (χ1v) is 7.14. The maximum absolute atomic E-state index is 5.95. The molecular formula is C16H25NO. The third kappa shape index (κ3) is 3.74. The lowest BCUT2D eigenvalue weighted by Gasteiger charge is -2.14. The molecule has 1 saturated carbocycles. The lowest BCUT2D eigenvalue weighted by Crippen LogP contribution is -2.14. The molecular weight excluding hydrogens is 222 g/mol. The van der Waals surface area contributed by atoms with Crippen molar-refractivity contribution in [1.29, 1.82) is 0 Å². The Morgan fingerprint density at radius 1 is 1.22 bits per heavy atom. The van der Waals surface area contributed by atoms with Crippen LogP contribution in [-0.2, 0) is 6.54 Å². The van der Waals surface area contributed by atoms with Crippen molar-refractivity contribution in [3.8, 4) is 5.75 Å². The molecule has 0 amide bonds. The molecule has 1 aliphatic carbocycles. The lowest BCUT2D eigenvalue weighted by molar-refractivity contribution is 0.296. The summed E-state index contributed by atoms with van der Waals surface area (Å²) in [6, 6.07) is 4.50. The maximum atomic E-state index is 5.95. The normalized spacial score (nSPS) is 14.8. The smallest absolute Gasteiger partial charge is 0.125 e. The fourth-order valence-corrected chi connectivity index (χ4v) is 2.26. The number of nitrogens with one attached hydrogen (secondary N) is 1. The fraction of sp³-hybridized carbons (Fsp3) is 0.625. The predicted molar refractivity (Wildman–Crippen MR) is 76.1 cm³/mol. The third-order valence-corrected chi connectivity index (χ3v) is 3.44. The van der Waals surface area contributed by atoms with E-state index in [0.29, 0.717) is 0 Å². The fourth-order valence-electron chi connectivity index (χ4n) is 2.26. The van der Waals surface area contributed by atoms with E-state index in [2.05, 4.69) is 38.2 Å². The molecule has 0 aliphatic heterocycles. The van der Waals surface area contributed by atoms with Gasteiger partial charge in [-0.1, -0.05) is 19.1 Å². The minimum absolute atomic E-state index is 0.815. The number of aryl methyl sites for hydroxylation is 2. The average Bonchev–Trinajstić information content (AvgIpc) is 3.12. The Balaban J connectivity index is 1.97. The first kappa shape index (κ1) is 13.4. The zero-order valence-corrected chi connectivity index (χ0v) is 11.9. The van der Waals surface area contributed by atoms with Crippen molar-refractivity contribution in [3.05, 3.63) is 28.8 Å². The van der Waals surface area contributed by atoms with Crippen LogP contribution in [-0.4, -0.2) is 13.2 Å². The van der Waals surface area contributed by atoms with Crippen LogP contribution in [0.5, 0.6) is 5.75 Å². The third-order valence-electron chi connectivity index (χ3n) is 3.44. The summed E-state index contributed by atoms with van der Waals surface area (Å²) in [6.45, 7) is 9.43. The van der Waals surface area contributed by atoms with Gasteiger partial charge >= 0.3 is 0 Å². The van der Waals surface area contributed by atoms with E-state index in [1.807, 2.05) is 0 Å². The standard InChI is InChI=1S/C16H25NO/c1-4-7-17-10-15-8-12(2)16(13(3)9-15)18-11-14-5-6-14/h8-9,14,17H,4-7,10-11H2,1-3H3. The van der Waals surface area contributed by atoms with Gasteiger partial charge in [0, 0.05) is 6.54 Å². The topological polar surface area (TPSA) is 21.3 Å². The molecule has 0 bridgehead atoms. The van der Waals surface area contributed by atoms with Crippen molar-refractivity contribution in [3.63, 3.8) is 0 Å². The van der Waals surface area contributed by atoms with Crippen LogP contribution in [0.1, 0.15) is 42.9 Å². The van der Waals surface area contributed by atoms with Crippen LogP contribution >= 0.6 is 0 Å². The van der Waals surface area contributed by atoms with E-state index in [0.717, 1.165) is 31.4 Å². The highest BCUT2D eigenvalue weighted by atomic mass is 16.5. The SMILES string of the molecule is CCCNCc1cc(C)c(OCC2CC2)c(C)c1. The van der Waals surface area contributed by atoms with Crippen molar-refractivity contribution in [2.75, 3.05) is 13.2 Å². The second-order valence-electron chi connectivity index (χ2n) is 5.49. The second-order valence-corrected chi connectivity index (χ2v) is 5.49. The summed E-state index contributed by atoms with van der Waals surface area (Å²) in [5.41, 5.74) is 3.89. The van der Waals surface area contributed by atoms with E-state index in [1.54, 1.807) is 0 Å². The molecule has 0 heterocycles. The molecule has 1 aromatic rings. The second kappa shape index (κ2) is 6.24. The molecule has 2 rings (SSSR count). The monoisotopic (exact) mass is 247 g/mol. The first-order valence-electron chi connectivity index (χ1n) is 7.14. The number of rotatable bonds is 7. The van der Waals surface area contributed by atoms with Crippen LogP contribution in [0.25, 0.3) is 0 Å². The number of ether oxygens (including phenoxy) is 1. The van der Waals surface area contributed by atoms with E-state index in [-0.39, 0.29) is 0 Å². The quantitative estimate of drug-likeness (QED) is 0.743. The molecule has 0 spiro atoms. The van der Waals surface area contributed by atoms with Gasteiger partial charge in [0.1, 0.15) is 5.75 Å². The van der Waals surface area contributed by atoms with Crippen molar-refractivity contribution < 1.29 is 4.74 Å². The van der Waals surface area contributed by atoms with E-state index < -0.39 is 0 Å². The van der Waals surface area contributed by atoms with Gasteiger partial charge in [-0.3, -0.25) is 0 Å². The van der Waals surface area contributed by atoms with E-state index in [9.17, 15) is 0 Å². The molecule has 1 aromatic carbocycles. The Hall–Kier alpha value is -1.02. The van der Waals surface area contributed by atoms with Crippen LogP contribution in [0.15, 0.2) is 12.1 Å². The van der Waals surface area contributed by atoms with Gasteiger partial charge in [0.05, 0.1) is 6.61 Å². The van der Waals surface area contributed by atoms with Crippen molar-refractivity contribution >= 4 is 0 Å². The summed E-state index contributed by atoms with van der Waals surface area (Å²) in [4.78, 5) is 0. The Morgan fingerprint density at radius 2 is 1.89 bits per heavy atom. The van der Waals surface area contributed by atoms with Gasteiger partial charge in [-0.25, -0.2) is 0 Å². The van der Waals surface area contributed by atoms with E-state index >= 15 is 0 Å². The Labute approximate surface area is 111 Å². The van der Waals surface area contributed by atoms with Gasteiger partial charge in [0.2, 0.25) is 0 Å². The van der Waals surface area contributed by atoms with E-state index in [4.69, 9.17) is 4.74 Å². The molecule has 0 radical (unpaired) electrons. The molecule has 0 atom stereocenters. The van der Waals surface area contributed by atoms with Crippen LogP contribution in [0.2, 0.25) is 0 Å². The van der Waals surface area contributed by atoms with Gasteiger partial charge in [-0.15, -0.1) is 0 Å². The zero-order valence-electron chi connectivity index (χ0n) is 11.9. The summed E-state index contributed by atoms with van der Waals surface area (Å²) < 4.78 is 5.95. The molecule has 1 fully saturated rings. The van der Waals surface area contributed by atoms with Crippen LogP contribution in [0, 0.1) is 19.8 Å². The van der Waals surface area contributed by atoms with Gasteiger partial charge in [0.15, 0.2) is 0 Å². The van der Waals surface area contributed by atoms with Crippen LogP contribution in [0.4, 0.5) is 0 Å². The Kier molecular flexibility index (Phi) is 4.65. The summed E-state index contributed by atoms with van der Waals surface area (Å²) in [6.07, 6.45) is 3.87. The van der Waals surface area contributed by atoms with Gasteiger partial charge in [-0.05, 0) is 62.3 Å². The van der Waals surface area contributed by atoms with Gasteiger partial charge in [-0.2, -0.15) is 0 Å². The molecule has 2 heteroatoms. The Morgan fingerprint density at radius 3 is 2.44 bits per heavy atom. The minimum Gasteiger partial charge on any atom is -0.493 e. The lowest BCUT2D eigenvalue weighted by atomic mass is 10.1. The number of hydrogen-bond donors (Lipinski definition) is 1. The van der Waals surface area contributed by atoms with E-state index in [1.165, 1.54) is 36.0 Å². The highest BCUT2D eigenvalue weighted by molar-refractivity contribution is 5.43. The minimum atomic E-state index is 0.815. The average molecular weight is 247 g/mol. The molecule has 0 saturated heterocycles. The largest absolute Gasteiger partial charge is 0.493 e. The molecule has 1 aliphatic rings. The van der Waals surface area contributed by atoms with Crippen LogP contribution < -0.4 is 10.1 Å². The molecule has 1 N–H and O–H groups in total. The number of hydrogen-bond acceptors (Lipinski definition) is 2. The molecule has 0 aromatic heterocycles. The summed E-state index contributed by atoms with van der Waals surface area (Å²) in [7, 11) is 0. The summed E-state index contributed by atoms with van der Waals surface area (Å²) in [5.74, 6) is 1.91. The maximum Gasteiger partial charge on any atom is 0.125 e. The number of benzene rings is 1. The van der Waals surface area contributed by atoms with Gasteiger partial charge < -0.3 is 10.1 Å². The highest BCUT2D eigenvalue weighted by Gasteiger charge is 2.22. The van der Waals surface area contributed by atoms with Crippen molar-refractivity contribution in [2.24, 2.45) is 5.92 Å².